The molecule has 2 amide bonds. The van der Waals surface area contributed by atoms with Crippen LogP contribution >= 0.6 is 0 Å². The van der Waals surface area contributed by atoms with Crippen molar-refractivity contribution in [3.63, 3.8) is 0 Å². The normalized spacial score (nSPS) is 40.1. The fourth-order valence-corrected chi connectivity index (χ4v) is 19.1. The van der Waals surface area contributed by atoms with Gasteiger partial charge in [-0.25, -0.2) is 14.4 Å². The molecule has 8 heterocycles. The molecule has 8 aliphatic heterocycles. The topological polar surface area (TPSA) is 789 Å². The summed E-state index contributed by atoms with van der Waals surface area (Å²) in [4.78, 5) is 51.4. The molecule has 0 spiro atoms. The Morgan fingerprint density at radius 2 is 0.741 bits per heavy atom. The van der Waals surface area contributed by atoms with E-state index in [9.17, 15) is 142 Å². The van der Waals surface area contributed by atoms with Crippen molar-refractivity contribution in [1.29, 1.82) is 0 Å². The minimum absolute atomic E-state index is 0. The number of nitrogens with one attached hydrogen (secondary N) is 4. The first kappa shape index (κ1) is 116. The van der Waals surface area contributed by atoms with E-state index in [0.717, 1.165) is 35.8 Å². The molecule has 9 aliphatic rings. The Hall–Kier alpha value is -6.12. The van der Waals surface area contributed by atoms with Crippen LogP contribution in [0.25, 0.3) is 21.5 Å². The van der Waals surface area contributed by atoms with Gasteiger partial charge in [-0.1, -0.05) is 60.7 Å². The molecule has 24 unspecified atom stereocenters. The van der Waals surface area contributed by atoms with Gasteiger partial charge in [0.05, 0.1) is 110 Å². The number of ether oxygens (including phenoxy) is 20. The van der Waals surface area contributed by atoms with Crippen LogP contribution in [0.4, 0.5) is 21.0 Å². The molecule has 27 N–H and O–H groups in total. The maximum Gasteiger partial charge on any atom is 1.00 e. The molecule has 0 aromatic heterocycles. The molecule has 53 heteroatoms. The molecule has 1 aliphatic carbocycles. The number of benzene rings is 4. The second-order valence-electron chi connectivity index (χ2n) is 36.3. The average molecular weight is 2060 g/mol. The van der Waals surface area contributed by atoms with E-state index < -0.39 is 333 Å². The predicted molar refractivity (Wildman–Crippen MR) is 469 cm³/mol. The van der Waals surface area contributed by atoms with Crippen molar-refractivity contribution >= 4 is 57.0 Å². The van der Waals surface area contributed by atoms with E-state index in [1.807, 2.05) is 36.4 Å². The maximum absolute atomic E-state index is 13.0. The summed E-state index contributed by atoms with van der Waals surface area (Å²) >= 11 is 0. The first-order chi connectivity index (χ1) is 68.0. The standard InChI is InChI=1S/C90H132N4O48.Na/c1-35-55(103)63(111)65(113)85(129-35)141-73-53(91-41-20-18-37-12-5-7-14-39(37)26-41)83(133-49(33-99)69(73)139-87-67(115)75(59(107)47(31-97)131-87)137-77-61(109)51(93-89(121)123-3)71(57(105)45(101)29-95)135-79(77)81(117)118)127-24-10-22-125-43-16-9-17-44(28-43)126-23-11-25-128-84-54(92-42-21-19-38-13-6-8-15-40(38)27-42)74(142-86-66(114)64(112)56(104)36(2)130-86)70(50(34-100)134-84)140-88-68(116)76(60(108)48(32-98)132-88)138-78-62(110)52(94-90(122)124-4)72(58(106)46(102)30-96)136-80(78)82(119)120;/h5-8,12-15,18-21,26-27,35-36,43-80,83-88,91-92,95-116H,9-11,16-17,22-25,28-34H2,1-4H3,(H,93,121)(H,94,122)(H,117,118)(H,119,120);/q;+1/p-1/t35?,36?,43-,44-,45+,46+,47?,48?,49?,50?,51+,52+,53?,54?,55-,56-,57+,58+,59-,60-,61?,62?,63?,64?,65?,66?,67?,68?,69+,70+,71?,72?,73?,74?,75?,76?,77?,78?,79+,80+,83+,84+,85-,86-,87-,88-;/m0./s1. The predicted octanol–water partition coefficient (Wildman–Crippen LogP) is -13.6. The van der Waals surface area contributed by atoms with Gasteiger partial charge in [0.15, 0.2) is 43.8 Å². The van der Waals surface area contributed by atoms with E-state index in [1.165, 1.54) is 13.8 Å². The molecule has 8 saturated heterocycles. The molecule has 46 atom stereocenters. The number of carboxylic acids is 2. The SMILES string of the molecule is COC(=O)N[C@@H]1C(O)C(OC2C(O)[C@H](O[C@@H]3C(CO)O[C@@H](OCCCO[C@H]4CCC[C@H](OCCCO[C@@H]5OC(CO)[C@@H](O[C@@H]6OC(CO)[C@H](O)C(OC7C(O)[C@@H](NC(=O)OC)C([C@H](O)[C@H](O)CO)O[C@H]7C(=O)O)C6O)C(O[C@@H]6OC(C)[C@H](O)C(O)C6O)C5Nc5ccc6ccccc6c5)C4)C(Nc4ccc5ccccc5c4)C3O[C@@H]3OC(C)[C@H](O)C(O)C3O)OC(CO)[C@@H]2O)[C@H](C(=O)[O-])OC1[C@H](O)[C@H](O)CO.[Na+]. The molecule has 13 rings (SSSR count). The third-order valence-corrected chi connectivity index (χ3v) is 26.9. The number of carbonyl (C=O) groups excluding carboxylic acids is 3. The van der Waals surface area contributed by atoms with Gasteiger partial charge < -0.3 is 243 Å². The first-order valence-corrected chi connectivity index (χ1v) is 46.8. The number of aliphatic hydroxyl groups is 22. The van der Waals surface area contributed by atoms with Gasteiger partial charge in [0.1, 0.15) is 201 Å². The number of hydrogen-bond acceptors (Lipinski definition) is 49. The summed E-state index contributed by atoms with van der Waals surface area (Å²) in [6.45, 7) is -3.83. The number of carboxylic acid groups (broad SMARTS) is 2. The van der Waals surface area contributed by atoms with Crippen LogP contribution in [0.3, 0.4) is 0 Å². The quantitative estimate of drug-likeness (QED) is 0.0145. The zero-order chi connectivity index (χ0) is 103. The molecule has 9 fully saturated rings. The van der Waals surface area contributed by atoms with Gasteiger partial charge in [0.25, 0.3) is 0 Å². The van der Waals surface area contributed by atoms with E-state index in [4.69, 9.17) is 85.3 Å². The summed E-state index contributed by atoms with van der Waals surface area (Å²) in [5.74, 6) is -4.04. The van der Waals surface area contributed by atoms with Crippen LogP contribution in [0.2, 0.25) is 0 Å². The van der Waals surface area contributed by atoms with Crippen molar-refractivity contribution in [1.82, 2.24) is 10.6 Å². The van der Waals surface area contributed by atoms with Crippen molar-refractivity contribution in [2.75, 3.05) is 90.9 Å². The van der Waals surface area contributed by atoms with Gasteiger partial charge in [-0.15, -0.1) is 0 Å². The summed E-state index contributed by atoms with van der Waals surface area (Å²) in [6.07, 6.45) is -79.5. The molecule has 0 radical (unpaired) electrons. The summed E-state index contributed by atoms with van der Waals surface area (Å²) < 4.78 is 122. The molecule has 1 saturated carbocycles. The van der Waals surface area contributed by atoms with Gasteiger partial charge >= 0.3 is 47.7 Å². The molecule has 4 aromatic carbocycles. The van der Waals surface area contributed by atoms with Crippen LogP contribution in [0.5, 0.6) is 0 Å². The molecule has 0 bridgehead atoms. The Bertz CT molecular complexity index is 4340. The third-order valence-electron chi connectivity index (χ3n) is 26.9. The fourth-order valence-electron chi connectivity index (χ4n) is 19.1. The Balaban J connectivity index is 0.0000182. The number of aliphatic carboxylic acids is 2. The molecule has 52 nitrogen and oxygen atoms in total. The Labute approximate surface area is 839 Å². The van der Waals surface area contributed by atoms with E-state index in [-0.39, 0.29) is 81.0 Å². The van der Waals surface area contributed by atoms with Crippen molar-refractivity contribution in [3.8, 4) is 0 Å². The second-order valence-corrected chi connectivity index (χ2v) is 36.3. The van der Waals surface area contributed by atoms with Crippen molar-refractivity contribution in [2.24, 2.45) is 0 Å². The van der Waals surface area contributed by atoms with E-state index in [2.05, 4.69) is 30.7 Å². The monoisotopic (exact) mass is 2060 g/mol. The van der Waals surface area contributed by atoms with E-state index in [1.54, 1.807) is 48.5 Å². The van der Waals surface area contributed by atoms with Gasteiger partial charge in [-0.3, -0.25) is 0 Å². The number of hydrogen-bond donors (Lipinski definition) is 27. The zero-order valence-electron chi connectivity index (χ0n) is 78.4. The van der Waals surface area contributed by atoms with E-state index >= 15 is 0 Å². The van der Waals surface area contributed by atoms with Gasteiger partial charge in [0.2, 0.25) is 0 Å². The average Bonchev–Trinajstić information content (AvgIpc) is 0.761. The second kappa shape index (κ2) is 53.0. The summed E-state index contributed by atoms with van der Waals surface area (Å²) in [6, 6.07) is 18.3. The minimum atomic E-state index is -2.48. The number of aliphatic hydroxyl groups excluding tert-OH is 22. The molecular formula is C90H131N4NaO48. The Morgan fingerprint density at radius 3 is 1.11 bits per heavy atom. The zero-order valence-corrected chi connectivity index (χ0v) is 80.4. The van der Waals surface area contributed by atoms with Gasteiger partial charge in [0, 0.05) is 24.6 Å². The number of carbonyl (C=O) groups is 4. The summed E-state index contributed by atoms with van der Waals surface area (Å²) in [5, 5.41) is 284. The number of methoxy groups -OCH3 is 2. The number of anilines is 2. The van der Waals surface area contributed by atoms with Crippen LogP contribution in [-0.4, -0.2) is 504 Å². The Morgan fingerprint density at radius 1 is 0.385 bits per heavy atom. The van der Waals surface area contributed by atoms with Crippen molar-refractivity contribution < 1.29 is 266 Å². The largest absolute Gasteiger partial charge is 1.00 e. The molecule has 4 aromatic rings. The van der Waals surface area contributed by atoms with Crippen LogP contribution in [0, 0.1) is 0 Å². The van der Waals surface area contributed by atoms with Crippen molar-refractivity contribution in [3.05, 3.63) is 84.9 Å². The first-order valence-electron chi connectivity index (χ1n) is 46.8. The van der Waals surface area contributed by atoms with Crippen LogP contribution in [0.15, 0.2) is 84.9 Å². The Kier molecular flexibility index (Phi) is 42.9. The summed E-state index contributed by atoms with van der Waals surface area (Å²) in [5.41, 5.74) is 0.739. The molecule has 800 valence electrons. The van der Waals surface area contributed by atoms with Gasteiger partial charge in [-0.2, -0.15) is 0 Å². The third kappa shape index (κ3) is 27.1. The number of fused-ring (bicyclic) bond motifs is 2. The van der Waals surface area contributed by atoms with E-state index in [0.29, 0.717) is 37.1 Å². The van der Waals surface area contributed by atoms with Crippen LogP contribution in [-0.2, 0) is 104 Å². The fraction of sp³-hybridized carbons (Fsp3) is 0.733. The van der Waals surface area contributed by atoms with Crippen molar-refractivity contribution in [2.45, 2.75) is 334 Å². The van der Waals surface area contributed by atoms with Crippen LogP contribution in [0.1, 0.15) is 52.4 Å². The number of rotatable bonds is 42. The number of alkyl carbamates (subject to hydrolysis) is 2. The summed E-state index contributed by atoms with van der Waals surface area (Å²) in [7, 11) is 1.82. The minimum Gasteiger partial charge on any atom is -0.547 e. The smallest absolute Gasteiger partial charge is 0.547 e. The maximum atomic E-state index is 13.0. The van der Waals surface area contributed by atoms with Gasteiger partial charge in [-0.05, 0) is 98.2 Å². The number of amides is 2. The molecule has 143 heavy (non-hydrogen) atoms. The van der Waals surface area contributed by atoms with Crippen LogP contribution < -0.4 is 55.9 Å². The molecular weight excluding hydrogens is 1930 g/mol.